The maximum atomic E-state index is 10.8. The highest BCUT2D eigenvalue weighted by atomic mass is 16.7. The molecule has 5 nitrogen and oxygen atoms in total. The average Bonchev–Trinajstić information content (AvgIpc) is 2.54. The molecule has 0 aliphatic heterocycles. The lowest BCUT2D eigenvalue weighted by Crippen LogP contribution is -2.20. The summed E-state index contributed by atoms with van der Waals surface area (Å²) in [6.45, 7) is 0. The summed E-state index contributed by atoms with van der Waals surface area (Å²) >= 11 is 0. The second-order valence-corrected chi connectivity index (χ2v) is 2.28. The summed E-state index contributed by atoms with van der Waals surface area (Å²) in [6, 6.07) is 8.85. The van der Waals surface area contributed by atoms with Crippen LogP contribution >= 0.6 is 0 Å². The molecule has 0 bridgehead atoms. The molecule has 0 N–H and O–H groups in total. The van der Waals surface area contributed by atoms with Gasteiger partial charge >= 0.3 is 5.76 Å². The van der Waals surface area contributed by atoms with Gasteiger partial charge in [0.2, 0.25) is 6.39 Å². The van der Waals surface area contributed by atoms with Gasteiger partial charge in [0.25, 0.3) is 0 Å². The van der Waals surface area contributed by atoms with Gasteiger partial charge in [-0.1, -0.05) is 23.3 Å². The lowest BCUT2D eigenvalue weighted by atomic mass is 10.3. The van der Waals surface area contributed by atoms with Gasteiger partial charge in [0.1, 0.15) is 0 Å². The maximum Gasteiger partial charge on any atom is 0.472 e. The quantitative estimate of drug-likeness (QED) is 0.678. The predicted molar refractivity (Wildman–Crippen MR) is 43.2 cm³/mol. The SMILES string of the molecule is O=c1ocnn1Oc1ccccc1. The van der Waals surface area contributed by atoms with E-state index < -0.39 is 5.76 Å². The molecule has 0 saturated heterocycles. The van der Waals surface area contributed by atoms with Crippen molar-refractivity contribution in [2.45, 2.75) is 0 Å². The number of hydrogen-bond donors (Lipinski definition) is 0. The Morgan fingerprint density at radius 1 is 1.31 bits per heavy atom. The van der Waals surface area contributed by atoms with Crippen molar-refractivity contribution >= 4 is 0 Å². The monoisotopic (exact) mass is 178 g/mol. The van der Waals surface area contributed by atoms with Crippen molar-refractivity contribution in [1.82, 2.24) is 9.94 Å². The Balaban J connectivity index is 2.25. The summed E-state index contributed by atoms with van der Waals surface area (Å²) in [4.78, 5) is 16.7. The van der Waals surface area contributed by atoms with Gasteiger partial charge < -0.3 is 9.25 Å². The zero-order valence-electron chi connectivity index (χ0n) is 6.58. The second kappa shape index (κ2) is 3.14. The fourth-order valence-electron chi connectivity index (χ4n) is 0.846. The molecule has 0 spiro atoms. The predicted octanol–water partition coefficient (Wildman–Crippen LogP) is 0.678. The number of benzene rings is 1. The van der Waals surface area contributed by atoms with Gasteiger partial charge in [-0.05, 0) is 17.0 Å². The lowest BCUT2D eigenvalue weighted by Gasteiger charge is -1.99. The van der Waals surface area contributed by atoms with E-state index >= 15 is 0 Å². The van der Waals surface area contributed by atoms with Crippen LogP contribution < -0.4 is 10.6 Å². The van der Waals surface area contributed by atoms with Crippen molar-refractivity contribution in [3.05, 3.63) is 47.3 Å². The van der Waals surface area contributed by atoms with Crippen LogP contribution in [0.1, 0.15) is 0 Å². The Kier molecular flexibility index (Phi) is 1.84. The van der Waals surface area contributed by atoms with Gasteiger partial charge in [-0.3, -0.25) is 0 Å². The standard InChI is InChI=1S/C8H6N2O3/c11-8-10(9-6-12-8)13-7-4-2-1-3-5-7/h1-6H. The molecule has 0 saturated carbocycles. The van der Waals surface area contributed by atoms with Gasteiger partial charge in [0.05, 0.1) is 0 Å². The van der Waals surface area contributed by atoms with Crippen LogP contribution in [0.5, 0.6) is 5.75 Å². The van der Waals surface area contributed by atoms with E-state index in [0.29, 0.717) is 5.75 Å². The molecule has 13 heavy (non-hydrogen) atoms. The minimum atomic E-state index is -0.649. The van der Waals surface area contributed by atoms with Crippen molar-refractivity contribution in [2.75, 3.05) is 0 Å². The number of nitrogens with zero attached hydrogens (tertiary/aromatic N) is 2. The van der Waals surface area contributed by atoms with Crippen molar-refractivity contribution in [2.24, 2.45) is 0 Å². The number of rotatable bonds is 2. The molecule has 1 aromatic heterocycles. The molecule has 0 aliphatic carbocycles. The minimum Gasteiger partial charge on any atom is -0.393 e. The molecule has 66 valence electrons. The first-order chi connectivity index (χ1) is 6.36. The van der Waals surface area contributed by atoms with Crippen molar-refractivity contribution in [3.8, 4) is 5.75 Å². The molecule has 2 rings (SSSR count). The van der Waals surface area contributed by atoms with Gasteiger partial charge in [-0.2, -0.15) is 0 Å². The van der Waals surface area contributed by atoms with Crippen LogP contribution in [0.15, 0.2) is 45.9 Å². The van der Waals surface area contributed by atoms with Crippen LogP contribution in [0.4, 0.5) is 0 Å². The van der Waals surface area contributed by atoms with E-state index in [4.69, 9.17) is 4.84 Å². The number of aromatic nitrogens is 2. The summed E-state index contributed by atoms with van der Waals surface area (Å²) in [5.41, 5.74) is 0. The molecule has 0 radical (unpaired) electrons. The van der Waals surface area contributed by atoms with Crippen LogP contribution in [-0.2, 0) is 0 Å². The van der Waals surface area contributed by atoms with E-state index in [-0.39, 0.29) is 0 Å². The molecular weight excluding hydrogens is 172 g/mol. The Hall–Kier alpha value is -2.04. The highest BCUT2D eigenvalue weighted by Gasteiger charge is 2.00. The van der Waals surface area contributed by atoms with Gasteiger partial charge in [0, 0.05) is 0 Å². The van der Waals surface area contributed by atoms with Crippen LogP contribution in [0, 0.1) is 0 Å². The van der Waals surface area contributed by atoms with Crippen LogP contribution in [-0.4, -0.2) is 9.94 Å². The largest absolute Gasteiger partial charge is 0.472 e. The molecule has 1 aromatic carbocycles. The summed E-state index contributed by atoms with van der Waals surface area (Å²) in [7, 11) is 0. The average molecular weight is 178 g/mol. The van der Waals surface area contributed by atoms with Gasteiger partial charge in [-0.25, -0.2) is 4.79 Å². The van der Waals surface area contributed by atoms with Crippen molar-refractivity contribution in [3.63, 3.8) is 0 Å². The summed E-state index contributed by atoms with van der Waals surface area (Å²) in [5.74, 6) is -0.123. The van der Waals surface area contributed by atoms with Crippen LogP contribution in [0.25, 0.3) is 0 Å². The number of hydrogen-bond acceptors (Lipinski definition) is 4. The van der Waals surface area contributed by atoms with Crippen LogP contribution in [0.2, 0.25) is 0 Å². The first-order valence-corrected chi connectivity index (χ1v) is 3.62. The van der Waals surface area contributed by atoms with E-state index in [1.54, 1.807) is 24.3 Å². The fraction of sp³-hybridized carbons (Fsp3) is 0. The van der Waals surface area contributed by atoms with Crippen molar-refractivity contribution in [1.29, 1.82) is 0 Å². The molecule has 0 aliphatic rings. The first-order valence-electron chi connectivity index (χ1n) is 3.62. The van der Waals surface area contributed by atoms with Gasteiger partial charge in [-0.15, -0.1) is 0 Å². The second-order valence-electron chi connectivity index (χ2n) is 2.28. The summed E-state index contributed by atoms with van der Waals surface area (Å²) in [5, 5.41) is 3.53. The molecule has 5 heteroatoms. The Bertz CT molecular complexity index is 432. The minimum absolute atomic E-state index is 0.526. The zero-order valence-corrected chi connectivity index (χ0v) is 6.58. The highest BCUT2D eigenvalue weighted by molar-refractivity contribution is 5.20. The molecule has 0 amide bonds. The third kappa shape index (κ3) is 1.58. The lowest BCUT2D eigenvalue weighted by molar-refractivity contribution is 0.159. The van der Waals surface area contributed by atoms with E-state index in [1.807, 2.05) is 6.07 Å². The molecule has 0 fully saturated rings. The molecule has 0 unspecified atom stereocenters. The first kappa shape index (κ1) is 7.60. The molecular formula is C8H6N2O3. The van der Waals surface area contributed by atoms with Gasteiger partial charge in [0.15, 0.2) is 5.75 Å². The fourth-order valence-corrected chi connectivity index (χ4v) is 0.846. The van der Waals surface area contributed by atoms with Crippen LogP contribution in [0.3, 0.4) is 0 Å². The smallest absolute Gasteiger partial charge is 0.393 e. The Morgan fingerprint density at radius 2 is 2.08 bits per heavy atom. The number of para-hydroxylation sites is 1. The molecule has 2 aromatic rings. The highest BCUT2D eigenvalue weighted by Crippen LogP contribution is 2.07. The molecule has 1 heterocycles. The van der Waals surface area contributed by atoms with E-state index in [2.05, 4.69) is 9.52 Å². The normalized spacial score (nSPS) is 9.85. The van der Waals surface area contributed by atoms with E-state index in [1.165, 1.54) is 0 Å². The zero-order chi connectivity index (χ0) is 9.10. The third-order valence-electron chi connectivity index (χ3n) is 1.40. The third-order valence-corrected chi connectivity index (χ3v) is 1.40. The summed E-state index contributed by atoms with van der Waals surface area (Å²) < 4.78 is 4.41. The van der Waals surface area contributed by atoms with E-state index in [9.17, 15) is 4.79 Å². The Morgan fingerprint density at radius 3 is 2.69 bits per heavy atom. The summed E-state index contributed by atoms with van der Waals surface area (Å²) in [6.07, 6.45) is 1.02. The molecule has 0 atom stereocenters. The topological polar surface area (TPSA) is 57.3 Å². The Labute approximate surface area is 73.1 Å². The van der Waals surface area contributed by atoms with Crippen molar-refractivity contribution < 1.29 is 9.25 Å². The van der Waals surface area contributed by atoms with E-state index in [0.717, 1.165) is 11.2 Å². The maximum absolute atomic E-state index is 10.8.